The van der Waals surface area contributed by atoms with E-state index in [0.717, 1.165) is 22.3 Å². The van der Waals surface area contributed by atoms with Crippen molar-refractivity contribution >= 4 is 11.5 Å². The monoisotopic (exact) mass is 444 g/mol. The fourth-order valence-electron chi connectivity index (χ4n) is 3.67. The van der Waals surface area contributed by atoms with Gasteiger partial charge in [-0.2, -0.15) is 5.21 Å². The van der Waals surface area contributed by atoms with Crippen LogP contribution >= 0.6 is 0 Å². The zero-order valence-corrected chi connectivity index (χ0v) is 18.4. The van der Waals surface area contributed by atoms with Crippen LogP contribution in [-0.2, 0) is 17.9 Å². The van der Waals surface area contributed by atoms with Crippen LogP contribution in [-0.4, -0.2) is 47.9 Å². The summed E-state index contributed by atoms with van der Waals surface area (Å²) in [6.45, 7) is 8.60. The van der Waals surface area contributed by atoms with Crippen molar-refractivity contribution in [1.29, 1.82) is 0 Å². The third-order valence-corrected chi connectivity index (χ3v) is 5.21. The first-order valence-electron chi connectivity index (χ1n) is 10.5. The van der Waals surface area contributed by atoms with Crippen LogP contribution in [0.2, 0.25) is 0 Å². The summed E-state index contributed by atoms with van der Waals surface area (Å²) in [6.07, 6.45) is 0. The van der Waals surface area contributed by atoms with Crippen molar-refractivity contribution in [3.63, 3.8) is 0 Å². The van der Waals surface area contributed by atoms with Crippen molar-refractivity contribution in [2.75, 3.05) is 6.61 Å². The lowest BCUT2D eigenvalue weighted by molar-refractivity contribution is 0.0683. The minimum atomic E-state index is -1.05. The molecule has 2 heterocycles. The number of aromatic amines is 1. The van der Waals surface area contributed by atoms with E-state index < -0.39 is 5.97 Å². The number of aromatic carboxylic acids is 1. The van der Waals surface area contributed by atoms with Crippen LogP contribution in [0, 0.1) is 0 Å². The van der Waals surface area contributed by atoms with Crippen molar-refractivity contribution in [2.45, 2.75) is 27.0 Å². The average molecular weight is 444 g/mol. The lowest BCUT2D eigenvalue weighted by Gasteiger charge is -2.12. The second-order valence-corrected chi connectivity index (χ2v) is 7.51. The van der Waals surface area contributed by atoms with E-state index in [1.165, 1.54) is 0 Å². The molecule has 2 aromatic heterocycles. The summed E-state index contributed by atoms with van der Waals surface area (Å²) in [6, 6.07) is 15.8. The van der Waals surface area contributed by atoms with Gasteiger partial charge in [-0.3, -0.25) is 0 Å². The topological polar surface area (TPSA) is 119 Å². The number of imidazole rings is 1. The molecule has 0 aliphatic rings. The first-order valence-corrected chi connectivity index (χ1v) is 10.5. The summed E-state index contributed by atoms with van der Waals surface area (Å²) in [5.41, 5.74) is 4.85. The smallest absolute Gasteiger partial charge is 0.354 e. The molecule has 0 aliphatic carbocycles. The number of carbonyl (C=O) groups is 1. The molecule has 33 heavy (non-hydrogen) atoms. The third kappa shape index (κ3) is 4.58. The molecule has 9 nitrogen and oxygen atoms in total. The number of carboxylic acid groups (broad SMARTS) is 1. The fraction of sp³-hybridized carbons (Fsp3) is 0.208. The zero-order chi connectivity index (χ0) is 23.4. The quantitative estimate of drug-likeness (QED) is 0.400. The van der Waals surface area contributed by atoms with E-state index >= 15 is 0 Å². The highest BCUT2D eigenvalue weighted by molar-refractivity contribution is 5.91. The maximum atomic E-state index is 12.1. The number of allylic oxidation sites excluding steroid dienone is 1. The molecule has 0 spiro atoms. The number of H-pyrrole nitrogens is 1. The lowest BCUT2D eigenvalue weighted by atomic mass is 9.98. The number of tetrazole rings is 1. The molecule has 4 rings (SSSR count). The molecule has 4 aromatic rings. The van der Waals surface area contributed by atoms with Gasteiger partial charge in [-0.15, -0.1) is 10.2 Å². The number of hydrogen-bond donors (Lipinski definition) is 2. The SMILES string of the molecule is C=C(C)c1nc(COCC)n(Cc2ccc(-c3ccccc3-c3nn[nH]n3)cc2)c1C(=O)O. The van der Waals surface area contributed by atoms with Gasteiger partial charge in [0.2, 0.25) is 5.82 Å². The van der Waals surface area contributed by atoms with Crippen molar-refractivity contribution < 1.29 is 14.6 Å². The number of rotatable bonds is 9. The Bertz CT molecular complexity index is 1280. The maximum Gasteiger partial charge on any atom is 0.354 e. The van der Waals surface area contributed by atoms with Gasteiger partial charge in [-0.05, 0) is 41.3 Å². The van der Waals surface area contributed by atoms with Crippen LogP contribution in [0.25, 0.3) is 28.1 Å². The molecule has 2 aromatic carbocycles. The van der Waals surface area contributed by atoms with Crippen molar-refractivity contribution in [1.82, 2.24) is 30.2 Å². The Labute approximate surface area is 190 Å². The second kappa shape index (κ2) is 9.58. The minimum Gasteiger partial charge on any atom is -0.477 e. The van der Waals surface area contributed by atoms with Gasteiger partial charge >= 0.3 is 5.97 Å². The maximum absolute atomic E-state index is 12.1. The van der Waals surface area contributed by atoms with E-state index in [9.17, 15) is 9.90 Å². The van der Waals surface area contributed by atoms with E-state index in [1.807, 2.05) is 55.5 Å². The van der Waals surface area contributed by atoms with Crippen molar-refractivity contribution in [2.24, 2.45) is 0 Å². The second-order valence-electron chi connectivity index (χ2n) is 7.51. The highest BCUT2D eigenvalue weighted by atomic mass is 16.5. The first-order chi connectivity index (χ1) is 16.0. The Hall–Kier alpha value is -4.11. The van der Waals surface area contributed by atoms with Gasteiger partial charge < -0.3 is 14.4 Å². The molecule has 0 unspecified atom stereocenters. The van der Waals surface area contributed by atoms with Crippen LogP contribution < -0.4 is 0 Å². The van der Waals surface area contributed by atoms with Crippen LogP contribution in [0.1, 0.15) is 41.4 Å². The van der Waals surface area contributed by atoms with Crippen LogP contribution in [0.3, 0.4) is 0 Å². The van der Waals surface area contributed by atoms with Gasteiger partial charge in [-0.1, -0.05) is 55.1 Å². The van der Waals surface area contributed by atoms with Gasteiger partial charge in [0.1, 0.15) is 12.4 Å². The Kier molecular flexibility index (Phi) is 6.41. The first kappa shape index (κ1) is 22.1. The van der Waals surface area contributed by atoms with Crippen molar-refractivity contribution in [3.8, 4) is 22.5 Å². The van der Waals surface area contributed by atoms with Gasteiger partial charge in [0.05, 0.1) is 5.69 Å². The van der Waals surface area contributed by atoms with E-state index in [4.69, 9.17) is 4.74 Å². The van der Waals surface area contributed by atoms with Gasteiger partial charge in [0.25, 0.3) is 0 Å². The highest BCUT2D eigenvalue weighted by Crippen LogP contribution is 2.30. The number of aromatic nitrogens is 6. The fourth-order valence-corrected chi connectivity index (χ4v) is 3.67. The predicted octanol–water partition coefficient (Wildman–Crippen LogP) is 4.05. The van der Waals surface area contributed by atoms with E-state index in [1.54, 1.807) is 11.5 Å². The van der Waals surface area contributed by atoms with Gasteiger partial charge in [0.15, 0.2) is 5.69 Å². The van der Waals surface area contributed by atoms with Crippen molar-refractivity contribution in [3.05, 3.63) is 77.9 Å². The Morgan fingerprint density at radius 3 is 2.48 bits per heavy atom. The molecule has 0 amide bonds. The predicted molar refractivity (Wildman–Crippen MR) is 123 cm³/mol. The standard InChI is InChI=1S/C24H24N6O3/c1-4-33-14-20-25-21(15(2)3)22(24(31)32)30(20)13-16-9-11-17(12-10-16)18-7-5-6-8-19(18)23-26-28-29-27-23/h5-12H,2,4,13-14H2,1,3H3,(H,31,32)(H,26,27,28,29). The largest absolute Gasteiger partial charge is 0.477 e. The number of carboxylic acids is 1. The third-order valence-electron chi connectivity index (χ3n) is 5.21. The molecule has 0 bridgehead atoms. The molecule has 0 saturated heterocycles. The normalized spacial score (nSPS) is 11.0. The highest BCUT2D eigenvalue weighted by Gasteiger charge is 2.23. The number of nitrogens with one attached hydrogen (secondary N) is 1. The molecule has 0 radical (unpaired) electrons. The molecule has 2 N–H and O–H groups in total. The van der Waals surface area contributed by atoms with Crippen LogP contribution in [0.5, 0.6) is 0 Å². The Balaban J connectivity index is 1.68. The molecule has 0 fully saturated rings. The molecule has 9 heteroatoms. The number of nitrogens with zero attached hydrogens (tertiary/aromatic N) is 5. The molecular formula is C24H24N6O3. The summed E-state index contributed by atoms with van der Waals surface area (Å²) in [5, 5.41) is 24.2. The molecule has 0 atom stereocenters. The van der Waals surface area contributed by atoms with Crippen LogP contribution in [0.15, 0.2) is 55.1 Å². The molecule has 0 saturated carbocycles. The van der Waals surface area contributed by atoms with E-state index in [0.29, 0.717) is 36.1 Å². The summed E-state index contributed by atoms with van der Waals surface area (Å²) in [7, 11) is 0. The number of benzene rings is 2. The summed E-state index contributed by atoms with van der Waals surface area (Å²) in [4.78, 5) is 16.6. The van der Waals surface area contributed by atoms with E-state index in [2.05, 4.69) is 32.2 Å². The number of ether oxygens (including phenoxy) is 1. The summed E-state index contributed by atoms with van der Waals surface area (Å²) in [5.74, 6) is 0.0276. The average Bonchev–Trinajstić information content (AvgIpc) is 3.47. The Morgan fingerprint density at radius 2 is 1.88 bits per heavy atom. The lowest BCUT2D eigenvalue weighted by Crippen LogP contribution is -2.14. The summed E-state index contributed by atoms with van der Waals surface area (Å²) < 4.78 is 7.21. The zero-order valence-electron chi connectivity index (χ0n) is 18.4. The van der Waals surface area contributed by atoms with E-state index in [-0.39, 0.29) is 12.3 Å². The van der Waals surface area contributed by atoms with Crippen LogP contribution in [0.4, 0.5) is 0 Å². The van der Waals surface area contributed by atoms with Gasteiger partial charge in [-0.25, -0.2) is 9.78 Å². The van der Waals surface area contributed by atoms with Gasteiger partial charge in [0, 0.05) is 18.7 Å². The number of hydrogen-bond acceptors (Lipinski definition) is 6. The minimum absolute atomic E-state index is 0.115. The molecule has 168 valence electrons. The Morgan fingerprint density at radius 1 is 1.15 bits per heavy atom. The molecule has 0 aliphatic heterocycles. The molecular weight excluding hydrogens is 420 g/mol. The summed E-state index contributed by atoms with van der Waals surface area (Å²) >= 11 is 0.